The molecule has 1 fully saturated rings. The van der Waals surface area contributed by atoms with Crippen molar-refractivity contribution in [1.29, 1.82) is 0 Å². The fourth-order valence-electron chi connectivity index (χ4n) is 3.42. The van der Waals surface area contributed by atoms with Gasteiger partial charge in [-0.05, 0) is 44.1 Å². The smallest absolute Gasteiger partial charge is 0.0310 e. The second-order valence-corrected chi connectivity index (χ2v) is 5.28. The van der Waals surface area contributed by atoms with Crippen molar-refractivity contribution in [3.63, 3.8) is 0 Å². The van der Waals surface area contributed by atoms with Crippen molar-refractivity contribution in [2.45, 2.75) is 58.4 Å². The molecule has 3 atom stereocenters. The van der Waals surface area contributed by atoms with E-state index < -0.39 is 0 Å². The molecule has 3 unspecified atom stereocenters. The van der Waals surface area contributed by atoms with Crippen LogP contribution in [0.5, 0.6) is 0 Å². The minimum Gasteiger partial charge on any atom is -0.310 e. The van der Waals surface area contributed by atoms with Crippen LogP contribution in [0.25, 0.3) is 0 Å². The van der Waals surface area contributed by atoms with Crippen LogP contribution in [0.3, 0.4) is 0 Å². The van der Waals surface area contributed by atoms with Gasteiger partial charge >= 0.3 is 0 Å². The van der Waals surface area contributed by atoms with E-state index in [0.717, 1.165) is 18.4 Å². The number of nitrogens with one attached hydrogen (secondary N) is 1. The van der Waals surface area contributed by atoms with Gasteiger partial charge in [0, 0.05) is 6.04 Å². The summed E-state index contributed by atoms with van der Waals surface area (Å²) in [7, 11) is 0. The maximum absolute atomic E-state index is 3.73. The van der Waals surface area contributed by atoms with Crippen molar-refractivity contribution >= 4 is 0 Å². The van der Waals surface area contributed by atoms with Crippen LogP contribution in [-0.2, 0) is 0 Å². The highest BCUT2D eigenvalue weighted by Crippen LogP contribution is 2.38. The second-order valence-electron chi connectivity index (χ2n) is 5.28. The van der Waals surface area contributed by atoms with Crippen molar-refractivity contribution in [1.82, 2.24) is 5.32 Å². The third-order valence-electron chi connectivity index (χ3n) is 4.26. The molecule has 1 heteroatoms. The summed E-state index contributed by atoms with van der Waals surface area (Å²) in [5.74, 6) is 1.84. The van der Waals surface area contributed by atoms with Crippen LogP contribution in [0.4, 0.5) is 0 Å². The molecule has 0 bridgehead atoms. The van der Waals surface area contributed by atoms with Gasteiger partial charge in [0.05, 0.1) is 0 Å². The van der Waals surface area contributed by atoms with Gasteiger partial charge in [0.25, 0.3) is 0 Å². The van der Waals surface area contributed by atoms with Gasteiger partial charge < -0.3 is 5.32 Å². The number of likely N-dealkylation sites (N-methyl/N-ethyl adjacent to an activating group) is 1. The molecule has 0 saturated heterocycles. The zero-order valence-corrected chi connectivity index (χ0v) is 10.3. The van der Waals surface area contributed by atoms with E-state index >= 15 is 0 Å². The Morgan fingerprint density at radius 2 is 2.27 bits per heavy atom. The highest BCUT2D eigenvalue weighted by molar-refractivity contribution is 5.17. The first-order chi connectivity index (χ1) is 7.33. The molecular formula is C14H25N. The van der Waals surface area contributed by atoms with Crippen molar-refractivity contribution in [2.75, 3.05) is 6.54 Å². The standard InChI is InChI=1S/C14H25N/c1-3-15-14(12-8-4-5-9-12)13-10-6-7-11(13)2/h8,11,13-15H,3-7,9-10H2,1-2H3. The molecule has 1 saturated carbocycles. The van der Waals surface area contributed by atoms with Gasteiger partial charge in [-0.25, -0.2) is 0 Å². The van der Waals surface area contributed by atoms with Crippen LogP contribution in [-0.4, -0.2) is 12.6 Å². The molecule has 15 heavy (non-hydrogen) atoms. The van der Waals surface area contributed by atoms with E-state index in [1.165, 1.54) is 38.5 Å². The van der Waals surface area contributed by atoms with Gasteiger partial charge in [0.1, 0.15) is 0 Å². The van der Waals surface area contributed by atoms with E-state index in [-0.39, 0.29) is 0 Å². The van der Waals surface area contributed by atoms with Gasteiger partial charge in [0.15, 0.2) is 0 Å². The fourth-order valence-corrected chi connectivity index (χ4v) is 3.42. The molecule has 0 heterocycles. The number of rotatable bonds is 4. The van der Waals surface area contributed by atoms with Crippen LogP contribution >= 0.6 is 0 Å². The average molecular weight is 207 g/mol. The maximum Gasteiger partial charge on any atom is 0.0310 e. The summed E-state index contributed by atoms with van der Waals surface area (Å²) in [6.45, 7) is 5.80. The van der Waals surface area contributed by atoms with Gasteiger partial charge in [-0.2, -0.15) is 0 Å². The van der Waals surface area contributed by atoms with E-state index in [2.05, 4.69) is 25.2 Å². The molecule has 0 aromatic carbocycles. The predicted molar refractivity (Wildman–Crippen MR) is 65.9 cm³/mol. The Balaban J connectivity index is 2.04. The largest absolute Gasteiger partial charge is 0.310 e. The summed E-state index contributed by atoms with van der Waals surface area (Å²) in [5, 5.41) is 3.73. The normalized spacial score (nSPS) is 33.1. The highest BCUT2D eigenvalue weighted by atomic mass is 14.9. The lowest BCUT2D eigenvalue weighted by molar-refractivity contribution is 0.327. The van der Waals surface area contributed by atoms with E-state index in [9.17, 15) is 0 Å². The van der Waals surface area contributed by atoms with E-state index in [4.69, 9.17) is 0 Å². The van der Waals surface area contributed by atoms with Gasteiger partial charge in [0.2, 0.25) is 0 Å². The minimum atomic E-state index is 0.704. The van der Waals surface area contributed by atoms with Crippen LogP contribution in [0.1, 0.15) is 52.4 Å². The maximum atomic E-state index is 3.73. The SMILES string of the molecule is CCNC(C1=CCCC1)C1CCCC1C. The zero-order valence-electron chi connectivity index (χ0n) is 10.3. The molecule has 2 aliphatic carbocycles. The van der Waals surface area contributed by atoms with Crippen molar-refractivity contribution in [3.05, 3.63) is 11.6 Å². The van der Waals surface area contributed by atoms with Gasteiger partial charge in [-0.15, -0.1) is 0 Å². The fraction of sp³-hybridized carbons (Fsp3) is 0.857. The first-order valence-corrected chi connectivity index (χ1v) is 6.75. The zero-order chi connectivity index (χ0) is 10.7. The first-order valence-electron chi connectivity index (χ1n) is 6.75. The topological polar surface area (TPSA) is 12.0 Å². The van der Waals surface area contributed by atoms with Crippen LogP contribution in [0.2, 0.25) is 0 Å². The molecule has 1 N–H and O–H groups in total. The van der Waals surface area contributed by atoms with E-state index in [1.807, 2.05) is 0 Å². The Morgan fingerprint density at radius 3 is 2.80 bits per heavy atom. The highest BCUT2D eigenvalue weighted by Gasteiger charge is 2.32. The average Bonchev–Trinajstić information content (AvgIpc) is 2.85. The molecule has 0 radical (unpaired) electrons. The lowest BCUT2D eigenvalue weighted by atomic mass is 9.85. The Kier molecular flexibility index (Phi) is 3.85. The first kappa shape index (κ1) is 11.2. The molecule has 0 amide bonds. The van der Waals surface area contributed by atoms with Crippen LogP contribution < -0.4 is 5.32 Å². The lowest BCUT2D eigenvalue weighted by Gasteiger charge is -2.29. The molecule has 2 rings (SSSR count). The Morgan fingerprint density at radius 1 is 1.40 bits per heavy atom. The summed E-state index contributed by atoms with van der Waals surface area (Å²) in [5.41, 5.74) is 1.72. The van der Waals surface area contributed by atoms with Gasteiger partial charge in [-0.1, -0.05) is 38.3 Å². The van der Waals surface area contributed by atoms with Crippen molar-refractivity contribution < 1.29 is 0 Å². The van der Waals surface area contributed by atoms with Crippen LogP contribution in [0, 0.1) is 11.8 Å². The number of hydrogen-bond donors (Lipinski definition) is 1. The molecule has 86 valence electrons. The lowest BCUT2D eigenvalue weighted by Crippen LogP contribution is -2.38. The van der Waals surface area contributed by atoms with E-state index in [1.54, 1.807) is 5.57 Å². The van der Waals surface area contributed by atoms with E-state index in [0.29, 0.717) is 6.04 Å². The van der Waals surface area contributed by atoms with Crippen molar-refractivity contribution in [2.24, 2.45) is 11.8 Å². The Labute approximate surface area is 94.3 Å². The molecule has 0 aromatic heterocycles. The molecule has 0 aliphatic heterocycles. The predicted octanol–water partition coefficient (Wildman–Crippen LogP) is 3.51. The Bertz CT molecular complexity index is 231. The minimum absolute atomic E-state index is 0.704. The summed E-state index contributed by atoms with van der Waals surface area (Å²) >= 11 is 0. The second kappa shape index (κ2) is 5.16. The summed E-state index contributed by atoms with van der Waals surface area (Å²) in [6, 6.07) is 0.704. The van der Waals surface area contributed by atoms with Crippen molar-refractivity contribution in [3.8, 4) is 0 Å². The number of allylic oxidation sites excluding steroid dienone is 1. The third-order valence-corrected chi connectivity index (χ3v) is 4.26. The molecular weight excluding hydrogens is 182 g/mol. The monoisotopic (exact) mass is 207 g/mol. The third kappa shape index (κ3) is 2.44. The quantitative estimate of drug-likeness (QED) is 0.696. The molecule has 2 aliphatic rings. The summed E-state index contributed by atoms with van der Waals surface area (Å²) < 4.78 is 0. The summed E-state index contributed by atoms with van der Waals surface area (Å²) in [6.07, 6.45) is 10.9. The number of hydrogen-bond acceptors (Lipinski definition) is 1. The van der Waals surface area contributed by atoms with Crippen LogP contribution in [0.15, 0.2) is 11.6 Å². The molecule has 1 nitrogen and oxygen atoms in total. The summed E-state index contributed by atoms with van der Waals surface area (Å²) in [4.78, 5) is 0. The van der Waals surface area contributed by atoms with Gasteiger partial charge in [-0.3, -0.25) is 0 Å². The Hall–Kier alpha value is -0.300. The molecule has 0 spiro atoms. The molecule has 0 aromatic rings.